The third kappa shape index (κ3) is 21.6. The molecule has 0 heterocycles. The van der Waals surface area contributed by atoms with Gasteiger partial charge in [-0.1, -0.05) is 88.5 Å². The molecule has 152 valence electrons. The molecule has 0 atom stereocenters. The Morgan fingerprint density at radius 3 is 1.54 bits per heavy atom. The first-order valence-electron chi connectivity index (χ1n) is 9.55. The van der Waals surface area contributed by atoms with Crippen molar-refractivity contribution in [1.29, 1.82) is 0 Å². The van der Waals surface area contributed by atoms with Crippen LogP contribution in [0.2, 0.25) is 0 Å². The first-order valence-corrected chi connectivity index (χ1v) is 9.55. The summed E-state index contributed by atoms with van der Waals surface area (Å²) in [5.41, 5.74) is 0.0280. The lowest BCUT2D eigenvalue weighted by molar-refractivity contribution is -0.384. The Labute approximate surface area is 162 Å². The smallest absolute Gasteiger partial charge is 0.269 e. The number of hydrogen-bond donors (Lipinski definition) is 0. The van der Waals surface area contributed by atoms with Crippen molar-refractivity contribution < 1.29 is 9.66 Å². The second-order valence-corrected chi connectivity index (χ2v) is 2.86. The van der Waals surface area contributed by atoms with E-state index < -0.39 is 4.92 Å². The molecule has 4 heteroatoms. The van der Waals surface area contributed by atoms with E-state index in [0.717, 1.165) is 0 Å². The minimum Gasteiger partial charge on any atom is -0.457 e. The summed E-state index contributed by atoms with van der Waals surface area (Å²) in [5.74, 6) is 1.04. The first-order chi connectivity index (χ1) is 12.7. The highest BCUT2D eigenvalue weighted by atomic mass is 16.6. The van der Waals surface area contributed by atoms with Crippen molar-refractivity contribution in [3.63, 3.8) is 0 Å². The zero-order chi connectivity index (χ0) is 22.0. The van der Waals surface area contributed by atoms with Gasteiger partial charge in [-0.05, 0) is 24.3 Å². The number of non-ortho nitro benzene ring substituents is 1. The van der Waals surface area contributed by atoms with Gasteiger partial charge in [0.1, 0.15) is 11.5 Å². The quantitative estimate of drug-likeness (QED) is 0.227. The number of rotatable bonds is 5. The van der Waals surface area contributed by atoms with Gasteiger partial charge < -0.3 is 4.74 Å². The van der Waals surface area contributed by atoms with Crippen LogP contribution in [0, 0.1) is 10.1 Å². The molecule has 0 unspecified atom stereocenters. The average molecular weight is 368 g/mol. The normalized spacial score (nSPS) is 7.69. The van der Waals surface area contributed by atoms with Gasteiger partial charge in [-0.15, -0.1) is 0 Å². The Bertz CT molecular complexity index is 435. The molecule has 1 rings (SSSR count). The van der Waals surface area contributed by atoms with Crippen molar-refractivity contribution in [2.45, 2.75) is 69.2 Å². The van der Waals surface area contributed by atoms with Gasteiger partial charge in [0.2, 0.25) is 0 Å². The van der Waals surface area contributed by atoms with Crippen molar-refractivity contribution in [2.75, 3.05) is 0 Å². The lowest BCUT2D eigenvalue weighted by atomic mass is 10.3. The molecule has 1 aromatic rings. The summed E-state index contributed by atoms with van der Waals surface area (Å²) in [6.45, 7) is 27.1. The zero-order valence-electron chi connectivity index (χ0n) is 18.6. The Morgan fingerprint density at radius 2 is 1.27 bits per heavy atom. The number of hydrogen-bond acceptors (Lipinski definition) is 3. The van der Waals surface area contributed by atoms with Gasteiger partial charge >= 0.3 is 0 Å². The molecule has 26 heavy (non-hydrogen) atoms. The van der Waals surface area contributed by atoms with Gasteiger partial charge in [0.05, 0.1) is 4.92 Å². The van der Waals surface area contributed by atoms with Crippen LogP contribution in [0.1, 0.15) is 69.2 Å². The molecule has 0 saturated heterocycles. The highest BCUT2D eigenvalue weighted by Gasteiger charge is 2.04. The Kier molecular flexibility index (Phi) is 45.7. The maximum atomic E-state index is 10.4. The summed E-state index contributed by atoms with van der Waals surface area (Å²) in [6, 6.07) is 5.81. The van der Waals surface area contributed by atoms with E-state index in [1.54, 1.807) is 12.2 Å². The lowest BCUT2D eigenvalue weighted by Gasteiger charge is -2.04. The van der Waals surface area contributed by atoms with E-state index in [-0.39, 0.29) is 5.69 Å². The molecule has 0 amide bonds. The van der Waals surface area contributed by atoms with Crippen LogP contribution < -0.4 is 4.74 Å². The monoisotopic (exact) mass is 367 g/mol. The number of allylic oxidation sites excluding steroid dienone is 3. The summed E-state index contributed by atoms with van der Waals surface area (Å²) in [4.78, 5) is 9.96. The molecule has 0 spiro atoms. The second kappa shape index (κ2) is 34.1. The third-order valence-electron chi connectivity index (χ3n) is 1.77. The van der Waals surface area contributed by atoms with Crippen molar-refractivity contribution in [3.8, 4) is 5.75 Å². The summed E-state index contributed by atoms with van der Waals surface area (Å²) in [7, 11) is 0. The number of ether oxygens (including phenoxy) is 1. The lowest BCUT2D eigenvalue weighted by Crippen LogP contribution is -1.92. The van der Waals surface area contributed by atoms with E-state index in [4.69, 9.17) is 4.74 Å². The standard InChI is InChI=1S/C12H11NO3.5C2H6/c1-3-5-11(4-2)16-12-8-6-10(7-9-12)13(14)15;5*1-2/h3-9H,1-2H2;5*1-2H3/b11-5+;;;;;. The van der Waals surface area contributed by atoms with Gasteiger partial charge in [0.15, 0.2) is 0 Å². The maximum absolute atomic E-state index is 10.4. The van der Waals surface area contributed by atoms with E-state index >= 15 is 0 Å². The fourth-order valence-electron chi connectivity index (χ4n) is 1.03. The maximum Gasteiger partial charge on any atom is 0.269 e. The topological polar surface area (TPSA) is 52.4 Å². The average Bonchev–Trinajstić information content (AvgIpc) is 2.75. The summed E-state index contributed by atoms with van der Waals surface area (Å²) in [6.07, 6.45) is 4.75. The highest BCUT2D eigenvalue weighted by molar-refractivity contribution is 5.37. The first kappa shape index (κ1) is 34.9. The second-order valence-electron chi connectivity index (χ2n) is 2.86. The molecule has 0 fully saturated rings. The molecule has 0 saturated carbocycles. The fourth-order valence-corrected chi connectivity index (χ4v) is 1.03. The molecule has 1 aromatic carbocycles. The Morgan fingerprint density at radius 1 is 0.885 bits per heavy atom. The van der Waals surface area contributed by atoms with E-state index in [1.807, 2.05) is 69.2 Å². The predicted octanol–water partition coefficient (Wildman–Crippen LogP) is 8.36. The van der Waals surface area contributed by atoms with Crippen molar-refractivity contribution >= 4 is 5.69 Å². The fraction of sp³-hybridized carbons (Fsp3) is 0.455. The van der Waals surface area contributed by atoms with Crippen LogP contribution in [0.15, 0.2) is 61.4 Å². The van der Waals surface area contributed by atoms with E-state index in [1.165, 1.54) is 30.3 Å². The zero-order valence-corrected chi connectivity index (χ0v) is 18.6. The van der Waals surface area contributed by atoms with Crippen LogP contribution in [0.3, 0.4) is 0 Å². The minimum atomic E-state index is -0.461. The van der Waals surface area contributed by atoms with Crippen molar-refractivity contribution in [3.05, 3.63) is 71.5 Å². The number of nitrogens with zero attached hydrogens (tertiary/aromatic N) is 1. The molecule has 0 bridgehead atoms. The molecular weight excluding hydrogens is 326 g/mol. The van der Waals surface area contributed by atoms with Crippen LogP contribution in [-0.4, -0.2) is 4.92 Å². The summed E-state index contributed by atoms with van der Waals surface area (Å²) >= 11 is 0. The van der Waals surface area contributed by atoms with Crippen LogP contribution >= 0.6 is 0 Å². The van der Waals surface area contributed by atoms with E-state index in [2.05, 4.69) is 13.2 Å². The van der Waals surface area contributed by atoms with Crippen LogP contribution in [0.5, 0.6) is 5.75 Å². The van der Waals surface area contributed by atoms with E-state index in [0.29, 0.717) is 11.5 Å². The molecule has 0 N–H and O–H groups in total. The van der Waals surface area contributed by atoms with E-state index in [9.17, 15) is 10.1 Å². The van der Waals surface area contributed by atoms with Gasteiger partial charge in [-0.2, -0.15) is 0 Å². The number of nitro benzene ring substituents is 1. The van der Waals surface area contributed by atoms with Gasteiger partial charge in [0.25, 0.3) is 5.69 Å². The van der Waals surface area contributed by atoms with Crippen LogP contribution in [0.25, 0.3) is 0 Å². The Balaban J connectivity index is -0.000000127. The molecule has 0 aliphatic heterocycles. The molecule has 0 radical (unpaired) electrons. The molecule has 4 nitrogen and oxygen atoms in total. The third-order valence-corrected chi connectivity index (χ3v) is 1.77. The van der Waals surface area contributed by atoms with Gasteiger partial charge in [-0.25, -0.2) is 0 Å². The number of nitro groups is 1. The number of benzene rings is 1. The molecule has 0 aliphatic rings. The van der Waals surface area contributed by atoms with Crippen LogP contribution in [0.4, 0.5) is 5.69 Å². The van der Waals surface area contributed by atoms with Crippen LogP contribution in [-0.2, 0) is 0 Å². The predicted molar refractivity (Wildman–Crippen MR) is 119 cm³/mol. The summed E-state index contributed by atoms with van der Waals surface area (Å²) < 4.78 is 5.39. The molecule has 0 aromatic heterocycles. The highest BCUT2D eigenvalue weighted by Crippen LogP contribution is 2.19. The largest absolute Gasteiger partial charge is 0.457 e. The Hall–Kier alpha value is -2.36. The van der Waals surface area contributed by atoms with Crippen molar-refractivity contribution in [2.24, 2.45) is 0 Å². The van der Waals surface area contributed by atoms with Gasteiger partial charge in [-0.3, -0.25) is 10.1 Å². The summed E-state index contributed by atoms with van der Waals surface area (Å²) in [5, 5.41) is 10.4. The SMILES string of the molecule is C=C/C=C(\C=C)Oc1ccc([N+](=O)[O-])cc1.CC.CC.CC.CC.CC. The minimum absolute atomic E-state index is 0.0280. The molecular formula is C22H41NO3. The van der Waals surface area contributed by atoms with Crippen molar-refractivity contribution in [1.82, 2.24) is 0 Å². The van der Waals surface area contributed by atoms with Gasteiger partial charge in [0, 0.05) is 12.1 Å². The molecule has 0 aliphatic carbocycles.